The first-order valence-electron chi connectivity index (χ1n) is 9.32. The molecule has 0 unspecified atom stereocenters. The molecule has 0 spiro atoms. The number of nitrogens with zero attached hydrogens (tertiary/aromatic N) is 2. The molecule has 0 aliphatic heterocycles. The third kappa shape index (κ3) is 5.11. The van der Waals surface area contributed by atoms with Crippen LogP contribution in [0.15, 0.2) is 23.6 Å². The number of rotatable bonds is 5. The van der Waals surface area contributed by atoms with Crippen molar-refractivity contribution >= 4 is 22.3 Å². The van der Waals surface area contributed by atoms with Crippen LogP contribution in [0.4, 0.5) is 13.2 Å². The first-order valence-corrected chi connectivity index (χ1v) is 10.2. The molecule has 2 heterocycles. The molecule has 3 aromatic rings. The van der Waals surface area contributed by atoms with Gasteiger partial charge >= 0.3 is 12.1 Å². The fourth-order valence-electron chi connectivity index (χ4n) is 3.00. The number of phenols is 1. The van der Waals surface area contributed by atoms with Crippen LogP contribution in [0.1, 0.15) is 47.0 Å². The maximum absolute atomic E-state index is 10.6. The first kappa shape index (κ1) is 22.1. The number of alkyl halides is 3. The fraction of sp³-hybridized carbons (Fsp3) is 0.400. The zero-order valence-electron chi connectivity index (χ0n) is 16.5. The third-order valence-corrected chi connectivity index (χ3v) is 5.66. The molecule has 0 bridgehead atoms. The van der Waals surface area contributed by atoms with Crippen LogP contribution < -0.4 is 5.32 Å². The quantitative estimate of drug-likeness (QED) is 0.542. The van der Waals surface area contributed by atoms with E-state index in [9.17, 15) is 18.3 Å². The number of benzene rings is 1. The lowest BCUT2D eigenvalue weighted by atomic mass is 10.1. The SMILES string of the molecule is Cc1ccc(CNCc2c(C)nc3scc(C4CC4)n23)cc1O.O=C(O)C(F)(F)F. The van der Waals surface area contributed by atoms with E-state index in [1.165, 1.54) is 24.2 Å². The van der Waals surface area contributed by atoms with E-state index in [0.717, 1.165) is 40.8 Å². The first-order chi connectivity index (χ1) is 14.1. The van der Waals surface area contributed by atoms with Crippen LogP contribution in [-0.2, 0) is 17.9 Å². The second kappa shape index (κ2) is 8.65. The summed E-state index contributed by atoms with van der Waals surface area (Å²) in [6.45, 7) is 5.53. The Balaban J connectivity index is 0.000000318. The molecule has 0 saturated heterocycles. The molecule has 1 fully saturated rings. The number of thiazole rings is 1. The van der Waals surface area contributed by atoms with Gasteiger partial charge in [0.1, 0.15) is 5.75 Å². The molecular formula is C20H22F3N3O3S. The number of fused-ring (bicyclic) bond motifs is 1. The largest absolute Gasteiger partial charge is 0.508 e. The Morgan fingerprint density at radius 1 is 1.30 bits per heavy atom. The molecular weight excluding hydrogens is 419 g/mol. The molecule has 10 heteroatoms. The number of imidazole rings is 1. The van der Waals surface area contributed by atoms with E-state index in [2.05, 4.69) is 28.1 Å². The second-order valence-corrected chi connectivity index (χ2v) is 8.06. The molecule has 162 valence electrons. The molecule has 0 atom stereocenters. The van der Waals surface area contributed by atoms with Gasteiger partial charge in [0.25, 0.3) is 0 Å². The summed E-state index contributed by atoms with van der Waals surface area (Å²) in [4.78, 5) is 14.7. The van der Waals surface area contributed by atoms with Crippen LogP contribution in [-0.4, -0.2) is 31.7 Å². The van der Waals surface area contributed by atoms with Gasteiger partial charge in [-0.05, 0) is 43.9 Å². The molecule has 6 nitrogen and oxygen atoms in total. The van der Waals surface area contributed by atoms with Crippen molar-refractivity contribution < 1.29 is 28.2 Å². The lowest BCUT2D eigenvalue weighted by Gasteiger charge is -2.08. The van der Waals surface area contributed by atoms with Crippen molar-refractivity contribution in [3.63, 3.8) is 0 Å². The molecule has 0 amide bonds. The number of aliphatic carboxylic acids is 1. The summed E-state index contributed by atoms with van der Waals surface area (Å²) in [5, 5.41) is 22.7. The Bertz CT molecular complexity index is 1050. The maximum atomic E-state index is 10.6. The van der Waals surface area contributed by atoms with Gasteiger partial charge in [0.15, 0.2) is 4.96 Å². The summed E-state index contributed by atoms with van der Waals surface area (Å²) in [7, 11) is 0. The van der Waals surface area contributed by atoms with E-state index >= 15 is 0 Å². The summed E-state index contributed by atoms with van der Waals surface area (Å²) >= 11 is 1.74. The Kier molecular flexibility index (Phi) is 6.37. The Morgan fingerprint density at radius 2 is 1.97 bits per heavy atom. The number of phenolic OH excluding ortho intramolecular Hbond substituents is 1. The predicted molar refractivity (Wildman–Crippen MR) is 107 cm³/mol. The van der Waals surface area contributed by atoms with Gasteiger partial charge in [-0.15, -0.1) is 11.3 Å². The summed E-state index contributed by atoms with van der Waals surface area (Å²) in [5.74, 6) is -1.67. The smallest absolute Gasteiger partial charge is 0.490 e. The molecule has 1 aliphatic carbocycles. The van der Waals surface area contributed by atoms with Gasteiger partial charge in [-0.1, -0.05) is 12.1 Å². The van der Waals surface area contributed by atoms with Gasteiger partial charge in [0.05, 0.1) is 11.4 Å². The highest BCUT2D eigenvalue weighted by Crippen LogP contribution is 2.42. The lowest BCUT2D eigenvalue weighted by molar-refractivity contribution is -0.192. The number of hydrogen-bond acceptors (Lipinski definition) is 5. The van der Waals surface area contributed by atoms with Crippen LogP contribution >= 0.6 is 11.3 Å². The number of carbonyl (C=O) groups is 1. The molecule has 1 aliphatic rings. The van der Waals surface area contributed by atoms with Crippen molar-refractivity contribution in [2.75, 3.05) is 0 Å². The van der Waals surface area contributed by atoms with Gasteiger partial charge < -0.3 is 15.5 Å². The van der Waals surface area contributed by atoms with Gasteiger partial charge in [-0.25, -0.2) is 9.78 Å². The molecule has 30 heavy (non-hydrogen) atoms. The van der Waals surface area contributed by atoms with Gasteiger partial charge in [-0.3, -0.25) is 4.40 Å². The molecule has 1 aromatic carbocycles. The molecule has 0 radical (unpaired) electrons. The van der Waals surface area contributed by atoms with Gasteiger partial charge in [-0.2, -0.15) is 13.2 Å². The van der Waals surface area contributed by atoms with E-state index in [1.54, 1.807) is 11.3 Å². The number of carboxylic acid groups (broad SMARTS) is 1. The second-order valence-electron chi connectivity index (χ2n) is 7.22. The fourth-order valence-corrected chi connectivity index (χ4v) is 4.04. The van der Waals surface area contributed by atoms with E-state index in [0.29, 0.717) is 5.75 Å². The molecule has 2 aromatic heterocycles. The highest BCUT2D eigenvalue weighted by atomic mass is 32.1. The van der Waals surface area contributed by atoms with Crippen LogP contribution in [0, 0.1) is 13.8 Å². The van der Waals surface area contributed by atoms with Crippen molar-refractivity contribution in [2.24, 2.45) is 0 Å². The number of carboxylic acids is 1. The lowest BCUT2D eigenvalue weighted by Crippen LogP contribution is -2.21. The van der Waals surface area contributed by atoms with Crippen molar-refractivity contribution in [3.05, 3.63) is 51.8 Å². The monoisotopic (exact) mass is 441 g/mol. The number of aryl methyl sites for hydroxylation is 2. The van der Waals surface area contributed by atoms with Crippen LogP contribution in [0.25, 0.3) is 4.96 Å². The normalized spacial score (nSPS) is 13.9. The molecule has 1 saturated carbocycles. The zero-order valence-corrected chi connectivity index (χ0v) is 17.3. The Morgan fingerprint density at radius 3 is 2.53 bits per heavy atom. The number of nitrogens with one attached hydrogen (secondary N) is 1. The van der Waals surface area contributed by atoms with Crippen LogP contribution in [0.2, 0.25) is 0 Å². The van der Waals surface area contributed by atoms with Crippen LogP contribution in [0.3, 0.4) is 0 Å². The van der Waals surface area contributed by atoms with Crippen molar-refractivity contribution in [1.82, 2.24) is 14.7 Å². The minimum absolute atomic E-state index is 0.362. The van der Waals surface area contributed by atoms with E-state index in [1.807, 2.05) is 19.1 Å². The minimum atomic E-state index is -5.08. The van der Waals surface area contributed by atoms with E-state index in [4.69, 9.17) is 14.9 Å². The number of hydrogen-bond donors (Lipinski definition) is 3. The van der Waals surface area contributed by atoms with Gasteiger partial charge in [0, 0.05) is 30.1 Å². The Hall–Kier alpha value is -2.59. The summed E-state index contributed by atoms with van der Waals surface area (Å²) in [5.41, 5.74) is 5.81. The standard InChI is InChI=1S/C18H21N3OS.C2HF3O2/c1-11-3-4-13(7-17(11)22)8-19-9-15-12(2)20-18-21(15)16(10-23-18)14-5-6-14;3-2(4,5)1(6)7/h3-4,7,10,14,19,22H,5-6,8-9H2,1-2H3;(H,6,7). The van der Waals surface area contributed by atoms with Crippen LogP contribution in [0.5, 0.6) is 5.75 Å². The van der Waals surface area contributed by atoms with Crippen molar-refractivity contribution in [1.29, 1.82) is 0 Å². The molecule has 3 N–H and O–H groups in total. The maximum Gasteiger partial charge on any atom is 0.490 e. The topological polar surface area (TPSA) is 86.9 Å². The summed E-state index contributed by atoms with van der Waals surface area (Å²) < 4.78 is 34.1. The average Bonchev–Trinajstić information content (AvgIpc) is 3.35. The highest BCUT2D eigenvalue weighted by molar-refractivity contribution is 7.15. The average molecular weight is 441 g/mol. The third-order valence-electron chi connectivity index (χ3n) is 4.82. The Labute approximate surface area is 175 Å². The van der Waals surface area contributed by atoms with Crippen molar-refractivity contribution in [2.45, 2.75) is 51.9 Å². The highest BCUT2D eigenvalue weighted by Gasteiger charge is 2.38. The number of halogens is 3. The summed E-state index contributed by atoms with van der Waals surface area (Å²) in [6, 6.07) is 5.85. The minimum Gasteiger partial charge on any atom is -0.508 e. The van der Waals surface area contributed by atoms with E-state index in [-0.39, 0.29) is 0 Å². The summed E-state index contributed by atoms with van der Waals surface area (Å²) in [6.07, 6.45) is -2.48. The molecule has 4 rings (SSSR count). The zero-order chi connectivity index (χ0) is 22.1. The predicted octanol–water partition coefficient (Wildman–Crippen LogP) is 4.52. The number of aromatic hydroxyl groups is 1. The van der Waals surface area contributed by atoms with Crippen molar-refractivity contribution in [3.8, 4) is 5.75 Å². The van der Waals surface area contributed by atoms with Gasteiger partial charge in [0.2, 0.25) is 0 Å². The number of aromatic nitrogens is 2. The van der Waals surface area contributed by atoms with E-state index < -0.39 is 12.1 Å².